The third-order valence-electron chi connectivity index (χ3n) is 4.43. The number of amides is 3. The molecule has 2 aromatic rings. The van der Waals surface area contributed by atoms with Gasteiger partial charge in [-0.15, -0.1) is 0 Å². The molecule has 3 rings (SSSR count). The van der Waals surface area contributed by atoms with Crippen LogP contribution in [0.3, 0.4) is 0 Å². The highest BCUT2D eigenvalue weighted by atomic mass is 16.5. The van der Waals surface area contributed by atoms with Crippen LogP contribution in [-0.4, -0.2) is 24.3 Å². The molecule has 0 saturated heterocycles. The predicted molar refractivity (Wildman–Crippen MR) is 112 cm³/mol. The Bertz CT molecular complexity index is 947. The highest BCUT2D eigenvalue weighted by Gasteiger charge is 2.21. The van der Waals surface area contributed by atoms with E-state index in [1.807, 2.05) is 26.8 Å². The van der Waals surface area contributed by atoms with E-state index >= 15 is 0 Å². The van der Waals surface area contributed by atoms with Crippen LogP contribution in [0.4, 0.5) is 17.1 Å². The summed E-state index contributed by atoms with van der Waals surface area (Å²) in [5.41, 5.74) is 2.45. The normalized spacial score (nSPS) is 13.1. The Morgan fingerprint density at radius 1 is 1.03 bits per heavy atom. The van der Waals surface area contributed by atoms with Crippen molar-refractivity contribution in [3.8, 4) is 5.75 Å². The van der Waals surface area contributed by atoms with Gasteiger partial charge in [0.05, 0.1) is 0 Å². The minimum Gasteiger partial charge on any atom is -0.484 e. The maximum atomic E-state index is 12.2. The number of anilines is 3. The molecule has 0 aromatic heterocycles. The Hall–Kier alpha value is -3.35. The molecule has 152 valence electrons. The first-order valence-electron chi connectivity index (χ1n) is 9.48. The molecule has 29 heavy (non-hydrogen) atoms. The summed E-state index contributed by atoms with van der Waals surface area (Å²) in [6.07, 6.45) is 1.09. The fourth-order valence-electron chi connectivity index (χ4n) is 2.79. The van der Waals surface area contributed by atoms with E-state index in [0.29, 0.717) is 30.0 Å². The van der Waals surface area contributed by atoms with Crippen LogP contribution in [0.15, 0.2) is 42.5 Å². The minimum atomic E-state index is -0.509. The average Bonchev–Trinajstić information content (AvgIpc) is 2.66. The van der Waals surface area contributed by atoms with Crippen molar-refractivity contribution in [2.45, 2.75) is 33.6 Å². The summed E-state index contributed by atoms with van der Waals surface area (Å²) in [7, 11) is 0. The molecule has 1 heterocycles. The van der Waals surface area contributed by atoms with Gasteiger partial charge < -0.3 is 20.7 Å². The van der Waals surface area contributed by atoms with Crippen molar-refractivity contribution in [3.05, 3.63) is 48.0 Å². The number of aryl methyl sites for hydroxylation is 1. The van der Waals surface area contributed by atoms with E-state index in [2.05, 4.69) is 16.0 Å². The molecule has 3 N–H and O–H groups in total. The van der Waals surface area contributed by atoms with Crippen LogP contribution in [0.1, 0.15) is 32.8 Å². The second-order valence-electron chi connectivity index (χ2n) is 7.99. The number of hydrogen-bond donors (Lipinski definition) is 3. The third-order valence-corrected chi connectivity index (χ3v) is 4.43. The lowest BCUT2D eigenvalue weighted by atomic mass is 9.95. The Kier molecular flexibility index (Phi) is 5.87. The fraction of sp³-hybridized carbons (Fsp3) is 0.318. The van der Waals surface area contributed by atoms with Gasteiger partial charge in [0.25, 0.3) is 5.91 Å². The van der Waals surface area contributed by atoms with Crippen molar-refractivity contribution in [1.29, 1.82) is 0 Å². The molecule has 0 radical (unpaired) electrons. The van der Waals surface area contributed by atoms with Crippen molar-refractivity contribution < 1.29 is 19.1 Å². The standard InChI is InChI=1S/C22H25N3O4/c1-22(2,3)21(28)24-16-6-4-5-15(12-16)23-20(27)13-29-17-8-9-18-14(11-17)7-10-19(26)25-18/h4-6,8-9,11-12H,7,10,13H2,1-3H3,(H,23,27)(H,24,28)(H,25,26). The molecule has 0 spiro atoms. The van der Waals surface area contributed by atoms with Gasteiger partial charge in [-0.1, -0.05) is 26.8 Å². The Morgan fingerprint density at radius 3 is 2.48 bits per heavy atom. The van der Waals surface area contributed by atoms with E-state index in [1.165, 1.54) is 0 Å². The minimum absolute atomic E-state index is 0.00599. The molecule has 3 amide bonds. The zero-order chi connectivity index (χ0) is 21.0. The summed E-state index contributed by atoms with van der Waals surface area (Å²) < 4.78 is 5.58. The second kappa shape index (κ2) is 8.34. The van der Waals surface area contributed by atoms with E-state index < -0.39 is 5.41 Å². The number of carbonyl (C=O) groups is 3. The van der Waals surface area contributed by atoms with E-state index in [1.54, 1.807) is 36.4 Å². The summed E-state index contributed by atoms with van der Waals surface area (Å²) in [4.78, 5) is 35.7. The number of carbonyl (C=O) groups excluding carboxylic acids is 3. The van der Waals surface area contributed by atoms with Crippen LogP contribution in [0.2, 0.25) is 0 Å². The molecule has 2 aromatic carbocycles. The molecule has 1 aliphatic heterocycles. The molecule has 0 saturated carbocycles. The van der Waals surface area contributed by atoms with Gasteiger partial charge in [0.2, 0.25) is 11.8 Å². The SMILES string of the molecule is CC(C)(C)C(=O)Nc1cccc(NC(=O)COc2ccc3c(c2)CCC(=O)N3)c1. The second-order valence-corrected chi connectivity index (χ2v) is 7.99. The molecule has 0 unspecified atom stereocenters. The van der Waals surface area contributed by atoms with Gasteiger partial charge in [-0.3, -0.25) is 14.4 Å². The molecule has 0 fully saturated rings. The number of nitrogens with one attached hydrogen (secondary N) is 3. The predicted octanol–water partition coefficient (Wildman–Crippen LogP) is 3.57. The summed E-state index contributed by atoms with van der Waals surface area (Å²) >= 11 is 0. The van der Waals surface area contributed by atoms with Gasteiger partial charge >= 0.3 is 0 Å². The van der Waals surface area contributed by atoms with Crippen molar-refractivity contribution in [2.24, 2.45) is 5.41 Å². The first-order chi connectivity index (χ1) is 13.7. The van der Waals surface area contributed by atoms with Crippen molar-refractivity contribution in [1.82, 2.24) is 0 Å². The van der Waals surface area contributed by atoms with Gasteiger partial charge in [-0.05, 0) is 48.4 Å². The molecular weight excluding hydrogens is 370 g/mol. The van der Waals surface area contributed by atoms with Gasteiger partial charge in [-0.25, -0.2) is 0 Å². The van der Waals surface area contributed by atoms with Crippen LogP contribution in [0, 0.1) is 5.41 Å². The highest BCUT2D eigenvalue weighted by molar-refractivity contribution is 5.96. The van der Waals surface area contributed by atoms with Gasteiger partial charge in [0.1, 0.15) is 5.75 Å². The van der Waals surface area contributed by atoms with Crippen molar-refractivity contribution in [2.75, 3.05) is 22.6 Å². The van der Waals surface area contributed by atoms with Crippen LogP contribution < -0.4 is 20.7 Å². The largest absolute Gasteiger partial charge is 0.484 e. The van der Waals surface area contributed by atoms with E-state index in [0.717, 1.165) is 11.3 Å². The topological polar surface area (TPSA) is 96.5 Å². The maximum Gasteiger partial charge on any atom is 0.262 e. The Morgan fingerprint density at radius 2 is 1.76 bits per heavy atom. The Balaban J connectivity index is 1.55. The fourth-order valence-corrected chi connectivity index (χ4v) is 2.79. The van der Waals surface area contributed by atoms with E-state index in [9.17, 15) is 14.4 Å². The summed E-state index contributed by atoms with van der Waals surface area (Å²) in [5, 5.41) is 8.40. The summed E-state index contributed by atoms with van der Waals surface area (Å²) in [6.45, 7) is 5.35. The van der Waals surface area contributed by atoms with Crippen LogP contribution in [0.25, 0.3) is 0 Å². The smallest absolute Gasteiger partial charge is 0.262 e. The lowest BCUT2D eigenvalue weighted by Gasteiger charge is -2.18. The molecular formula is C22H25N3O4. The lowest BCUT2D eigenvalue weighted by Crippen LogP contribution is -2.27. The molecule has 0 atom stereocenters. The molecule has 1 aliphatic rings. The zero-order valence-electron chi connectivity index (χ0n) is 16.8. The summed E-state index contributed by atoms with van der Waals surface area (Å²) in [6, 6.07) is 12.3. The van der Waals surface area contributed by atoms with E-state index in [4.69, 9.17) is 4.74 Å². The number of benzene rings is 2. The van der Waals surface area contributed by atoms with Gasteiger partial charge in [0, 0.05) is 28.9 Å². The lowest BCUT2D eigenvalue weighted by molar-refractivity contribution is -0.123. The van der Waals surface area contributed by atoms with Gasteiger partial charge in [0.15, 0.2) is 6.61 Å². The number of rotatable bonds is 5. The maximum absolute atomic E-state index is 12.2. The average molecular weight is 395 g/mol. The zero-order valence-corrected chi connectivity index (χ0v) is 16.8. The number of hydrogen-bond acceptors (Lipinski definition) is 4. The first-order valence-corrected chi connectivity index (χ1v) is 9.48. The van der Waals surface area contributed by atoms with Crippen LogP contribution in [-0.2, 0) is 20.8 Å². The van der Waals surface area contributed by atoms with Crippen molar-refractivity contribution >= 4 is 34.8 Å². The molecule has 0 bridgehead atoms. The molecule has 7 heteroatoms. The first kappa shape index (κ1) is 20.4. The van der Waals surface area contributed by atoms with Crippen LogP contribution >= 0.6 is 0 Å². The molecule has 0 aliphatic carbocycles. The quantitative estimate of drug-likeness (QED) is 0.721. The third kappa shape index (κ3) is 5.57. The Labute approximate surface area is 169 Å². The monoisotopic (exact) mass is 395 g/mol. The molecule has 7 nitrogen and oxygen atoms in total. The summed E-state index contributed by atoms with van der Waals surface area (Å²) in [5.74, 6) is 0.163. The number of ether oxygens (including phenoxy) is 1. The highest BCUT2D eigenvalue weighted by Crippen LogP contribution is 2.27. The van der Waals surface area contributed by atoms with Crippen LogP contribution in [0.5, 0.6) is 5.75 Å². The number of fused-ring (bicyclic) bond motifs is 1. The van der Waals surface area contributed by atoms with Crippen molar-refractivity contribution in [3.63, 3.8) is 0 Å². The van der Waals surface area contributed by atoms with Gasteiger partial charge in [-0.2, -0.15) is 0 Å². The van der Waals surface area contributed by atoms with E-state index in [-0.39, 0.29) is 24.3 Å².